The Labute approximate surface area is 131 Å². The molecule has 1 rings (SSSR count). The summed E-state index contributed by atoms with van der Waals surface area (Å²) in [4.78, 5) is 0.0568. The van der Waals surface area contributed by atoms with Crippen LogP contribution in [0.25, 0.3) is 0 Å². The number of rotatable bonds is 6. The molecule has 0 heterocycles. The molecule has 1 aromatic carbocycles. The first-order valence-corrected chi connectivity index (χ1v) is 10.3. The number of hydrogen-bond acceptors (Lipinski definition) is 4. The van der Waals surface area contributed by atoms with E-state index in [0.29, 0.717) is 19.4 Å². The van der Waals surface area contributed by atoms with Gasteiger partial charge in [0.05, 0.1) is 9.64 Å². The summed E-state index contributed by atoms with van der Waals surface area (Å²) in [5.41, 5.74) is 0.925. The van der Waals surface area contributed by atoms with Crippen LogP contribution in [-0.4, -0.2) is 28.1 Å². The van der Waals surface area contributed by atoms with Crippen LogP contribution in [0, 0.1) is 0 Å². The summed E-state index contributed by atoms with van der Waals surface area (Å²) in [6.45, 7) is 5.26. The maximum absolute atomic E-state index is 11.8. The molecule has 0 aromatic heterocycles. The van der Waals surface area contributed by atoms with Crippen molar-refractivity contribution in [1.29, 1.82) is 0 Å². The van der Waals surface area contributed by atoms with Crippen LogP contribution >= 0.6 is 10.7 Å². The van der Waals surface area contributed by atoms with Gasteiger partial charge in [0, 0.05) is 17.2 Å². The standard InChI is InChI=1S/C13H20ClNO4S2/c1-13(2,3)21(18,19)15-10-4-5-11-6-8-12(9-7-11)20(14,16)17/h6-9,15H,4-5,10H2,1-3H3. The lowest BCUT2D eigenvalue weighted by molar-refractivity contribution is 0.543. The van der Waals surface area contributed by atoms with Gasteiger partial charge in [-0.2, -0.15) is 0 Å². The molecule has 0 aliphatic rings. The van der Waals surface area contributed by atoms with Gasteiger partial charge >= 0.3 is 0 Å². The van der Waals surface area contributed by atoms with Crippen LogP contribution in [0.5, 0.6) is 0 Å². The van der Waals surface area contributed by atoms with E-state index < -0.39 is 23.8 Å². The average Bonchev–Trinajstić information content (AvgIpc) is 2.33. The number of hydrogen-bond donors (Lipinski definition) is 1. The fraction of sp³-hybridized carbons (Fsp3) is 0.538. The lowest BCUT2D eigenvalue weighted by Gasteiger charge is -2.19. The fourth-order valence-electron chi connectivity index (χ4n) is 1.53. The minimum Gasteiger partial charge on any atom is -0.215 e. The Morgan fingerprint density at radius 1 is 1.05 bits per heavy atom. The third kappa shape index (κ3) is 5.58. The normalized spacial score (nSPS) is 13.3. The van der Waals surface area contributed by atoms with Crippen molar-refractivity contribution in [2.75, 3.05) is 6.54 Å². The smallest absolute Gasteiger partial charge is 0.215 e. The first-order chi connectivity index (χ1) is 9.43. The van der Waals surface area contributed by atoms with E-state index in [1.807, 2.05) is 0 Å². The first-order valence-electron chi connectivity index (χ1n) is 6.46. The molecular formula is C13H20ClNO4S2. The Morgan fingerprint density at radius 3 is 2.00 bits per heavy atom. The first kappa shape index (κ1) is 18.4. The fourth-order valence-corrected chi connectivity index (χ4v) is 3.15. The molecule has 0 amide bonds. The van der Waals surface area contributed by atoms with E-state index in [1.54, 1.807) is 32.9 Å². The van der Waals surface area contributed by atoms with E-state index in [9.17, 15) is 16.8 Å². The summed E-state index contributed by atoms with van der Waals surface area (Å²) in [6.07, 6.45) is 1.28. The predicted octanol–water partition coefficient (Wildman–Crippen LogP) is 2.26. The highest BCUT2D eigenvalue weighted by Gasteiger charge is 2.27. The number of benzene rings is 1. The zero-order chi connectivity index (χ0) is 16.3. The molecule has 8 heteroatoms. The monoisotopic (exact) mass is 353 g/mol. The highest BCUT2D eigenvalue weighted by molar-refractivity contribution is 8.13. The van der Waals surface area contributed by atoms with Gasteiger partial charge < -0.3 is 0 Å². The molecule has 0 saturated heterocycles. The van der Waals surface area contributed by atoms with Crippen molar-refractivity contribution in [2.45, 2.75) is 43.3 Å². The van der Waals surface area contributed by atoms with Crippen LogP contribution in [0.4, 0.5) is 0 Å². The number of aryl methyl sites for hydroxylation is 1. The SMILES string of the molecule is CC(C)(C)S(=O)(=O)NCCCc1ccc(S(=O)(=O)Cl)cc1. The Balaban J connectivity index is 2.51. The Bertz CT molecular complexity index is 674. The third-order valence-electron chi connectivity index (χ3n) is 2.95. The van der Waals surface area contributed by atoms with Crippen LogP contribution in [-0.2, 0) is 25.5 Å². The molecule has 1 aromatic rings. The van der Waals surface area contributed by atoms with E-state index in [-0.39, 0.29) is 4.90 Å². The van der Waals surface area contributed by atoms with Crippen LogP contribution in [0.1, 0.15) is 32.8 Å². The van der Waals surface area contributed by atoms with E-state index >= 15 is 0 Å². The highest BCUT2D eigenvalue weighted by Crippen LogP contribution is 2.16. The van der Waals surface area contributed by atoms with Crippen LogP contribution in [0.15, 0.2) is 29.2 Å². The van der Waals surface area contributed by atoms with Gasteiger partial charge in [-0.25, -0.2) is 21.6 Å². The lowest BCUT2D eigenvalue weighted by Crippen LogP contribution is -2.39. The summed E-state index contributed by atoms with van der Waals surface area (Å²) >= 11 is 0. The molecule has 0 aliphatic heterocycles. The molecule has 120 valence electrons. The van der Waals surface area contributed by atoms with Gasteiger partial charge in [0.15, 0.2) is 0 Å². The second kappa shape index (κ2) is 6.64. The van der Waals surface area contributed by atoms with Crippen molar-refractivity contribution in [2.24, 2.45) is 0 Å². The summed E-state index contributed by atoms with van der Waals surface area (Å²) < 4.78 is 47.6. The van der Waals surface area contributed by atoms with Crippen molar-refractivity contribution >= 4 is 29.8 Å². The maximum atomic E-state index is 11.8. The molecule has 0 fully saturated rings. The average molecular weight is 354 g/mol. The predicted molar refractivity (Wildman–Crippen MR) is 84.5 cm³/mol. The van der Waals surface area contributed by atoms with E-state index in [0.717, 1.165) is 5.56 Å². The highest BCUT2D eigenvalue weighted by atomic mass is 35.7. The Morgan fingerprint density at radius 2 is 1.57 bits per heavy atom. The summed E-state index contributed by atoms with van der Waals surface area (Å²) in [5.74, 6) is 0. The van der Waals surface area contributed by atoms with Crippen LogP contribution in [0.2, 0.25) is 0 Å². The second-order valence-corrected chi connectivity index (χ2v) is 10.8. The molecular weight excluding hydrogens is 334 g/mol. The zero-order valence-corrected chi connectivity index (χ0v) is 14.6. The molecule has 0 aliphatic carbocycles. The minimum absolute atomic E-state index is 0.0568. The molecule has 0 bridgehead atoms. The molecule has 0 unspecified atom stereocenters. The van der Waals surface area contributed by atoms with E-state index in [1.165, 1.54) is 12.1 Å². The number of halogens is 1. The molecule has 0 atom stereocenters. The van der Waals surface area contributed by atoms with Gasteiger partial charge in [0.1, 0.15) is 0 Å². The topological polar surface area (TPSA) is 80.3 Å². The molecule has 5 nitrogen and oxygen atoms in total. The zero-order valence-electron chi connectivity index (χ0n) is 12.3. The van der Waals surface area contributed by atoms with Crippen molar-refractivity contribution in [3.05, 3.63) is 29.8 Å². The van der Waals surface area contributed by atoms with Gasteiger partial charge in [-0.3, -0.25) is 0 Å². The number of sulfonamides is 1. The van der Waals surface area contributed by atoms with Crippen LogP contribution < -0.4 is 4.72 Å². The molecule has 0 radical (unpaired) electrons. The maximum Gasteiger partial charge on any atom is 0.261 e. The summed E-state index contributed by atoms with van der Waals surface area (Å²) in [6, 6.07) is 6.23. The van der Waals surface area contributed by atoms with Gasteiger partial charge in [-0.15, -0.1) is 0 Å². The molecule has 21 heavy (non-hydrogen) atoms. The second-order valence-electron chi connectivity index (χ2n) is 5.70. The largest absolute Gasteiger partial charge is 0.261 e. The number of nitrogens with one attached hydrogen (secondary N) is 1. The van der Waals surface area contributed by atoms with Gasteiger partial charge in [-0.1, -0.05) is 12.1 Å². The summed E-state index contributed by atoms with van der Waals surface area (Å²) in [7, 11) is -1.80. The van der Waals surface area contributed by atoms with Gasteiger partial charge in [0.2, 0.25) is 10.0 Å². The van der Waals surface area contributed by atoms with Crippen molar-refractivity contribution in [3.8, 4) is 0 Å². The van der Waals surface area contributed by atoms with Crippen molar-refractivity contribution in [1.82, 2.24) is 4.72 Å². The van der Waals surface area contributed by atoms with Crippen LogP contribution in [0.3, 0.4) is 0 Å². The van der Waals surface area contributed by atoms with E-state index in [4.69, 9.17) is 10.7 Å². The van der Waals surface area contributed by atoms with Crippen molar-refractivity contribution < 1.29 is 16.8 Å². The lowest BCUT2D eigenvalue weighted by atomic mass is 10.1. The minimum atomic E-state index is -3.70. The summed E-state index contributed by atoms with van der Waals surface area (Å²) in [5, 5.41) is 0. The third-order valence-corrected chi connectivity index (χ3v) is 6.51. The quantitative estimate of drug-likeness (QED) is 0.628. The van der Waals surface area contributed by atoms with Gasteiger partial charge in [0.25, 0.3) is 9.05 Å². The van der Waals surface area contributed by atoms with Crippen molar-refractivity contribution in [3.63, 3.8) is 0 Å². The Kier molecular flexibility index (Phi) is 5.83. The van der Waals surface area contributed by atoms with E-state index in [2.05, 4.69) is 4.72 Å². The molecule has 1 N–H and O–H groups in total. The van der Waals surface area contributed by atoms with Gasteiger partial charge in [-0.05, 0) is 51.3 Å². The molecule has 0 saturated carbocycles. The molecule has 0 spiro atoms. The Hall–Kier alpha value is -0.630.